The van der Waals surface area contributed by atoms with Gasteiger partial charge < -0.3 is 36.1 Å². The second kappa shape index (κ2) is 11.2. The van der Waals surface area contributed by atoms with Crippen LogP contribution in [0.5, 0.6) is 0 Å². The number of rotatable bonds is 14. The van der Waals surface area contributed by atoms with Crippen LogP contribution in [0.1, 0.15) is 32.6 Å². The van der Waals surface area contributed by atoms with E-state index in [0.29, 0.717) is 0 Å². The predicted octanol–water partition coefficient (Wildman–Crippen LogP) is -2.24. The van der Waals surface area contributed by atoms with E-state index in [4.69, 9.17) is 31.0 Å². The van der Waals surface area contributed by atoms with Gasteiger partial charge in [0.05, 0.1) is 12.8 Å². The molecule has 17 heteroatoms. The van der Waals surface area contributed by atoms with Crippen molar-refractivity contribution in [2.45, 2.75) is 50.1 Å². The second-order valence-corrected chi connectivity index (χ2v) is 10.6. The first kappa shape index (κ1) is 28.9. The molecule has 0 radical (unpaired) electrons. The summed E-state index contributed by atoms with van der Waals surface area (Å²) in [4.78, 5) is 46.4. The smallest absolute Gasteiger partial charge is 0.507 e. The summed E-state index contributed by atoms with van der Waals surface area (Å²) in [7, 11) is -5.24. The molecule has 0 aromatic rings. The molecule has 2 heterocycles. The summed E-state index contributed by atoms with van der Waals surface area (Å²) >= 11 is 0. The highest BCUT2D eigenvalue weighted by atomic mass is 32.2. The van der Waals surface area contributed by atoms with Crippen LogP contribution in [-0.2, 0) is 38.7 Å². The monoisotopic (exact) mass is 522 g/mol. The number of likely N-dealkylation sites (N-methyl/N-ethyl adjacent to an activating group) is 1. The Morgan fingerprint density at radius 2 is 1.83 bits per heavy atom. The maximum atomic E-state index is 13.0. The molecular weight excluding hydrogens is 491 g/mol. The minimum Gasteiger partial charge on any atom is -0.507 e. The molecule has 2 rings (SSSR count). The van der Waals surface area contributed by atoms with Crippen LogP contribution < -0.4 is 11.5 Å². The molecule has 0 bridgehead atoms. The lowest BCUT2D eigenvalue weighted by Gasteiger charge is -2.27. The first-order valence-electron chi connectivity index (χ1n) is 11.0. The Morgan fingerprint density at radius 3 is 2.31 bits per heavy atom. The molecule has 0 saturated carbocycles. The van der Waals surface area contributed by atoms with Crippen molar-refractivity contribution in [1.29, 1.82) is 0 Å². The molecule has 7 N–H and O–H groups in total. The van der Waals surface area contributed by atoms with E-state index in [-0.39, 0.29) is 45.3 Å². The zero-order valence-electron chi connectivity index (χ0n) is 19.3. The van der Waals surface area contributed by atoms with E-state index in [1.165, 1.54) is 0 Å². The number of carboxylic acids is 3. The van der Waals surface area contributed by atoms with E-state index in [1.54, 1.807) is 6.92 Å². The van der Waals surface area contributed by atoms with Gasteiger partial charge in [-0.3, -0.25) is 19.2 Å². The van der Waals surface area contributed by atoms with Gasteiger partial charge in [-0.25, -0.2) is 0 Å². The molecule has 0 aromatic heterocycles. The molecule has 35 heavy (non-hydrogen) atoms. The van der Waals surface area contributed by atoms with Crippen molar-refractivity contribution < 1.29 is 52.2 Å². The summed E-state index contributed by atoms with van der Waals surface area (Å²) in [6, 6.07) is 0. The molecule has 0 aromatic carbocycles. The third-order valence-electron chi connectivity index (χ3n) is 6.21. The highest BCUT2D eigenvalue weighted by Crippen LogP contribution is 2.35. The number of nitrogens with zero attached hydrogens (tertiary/aromatic N) is 2. The van der Waals surface area contributed by atoms with Crippen LogP contribution in [0, 0.1) is 5.92 Å². The molecule has 0 unspecified atom stereocenters. The summed E-state index contributed by atoms with van der Waals surface area (Å²) in [6.45, 7) is 1.33. The Labute approximate surface area is 202 Å². The van der Waals surface area contributed by atoms with E-state index in [2.05, 4.69) is 0 Å². The summed E-state index contributed by atoms with van der Waals surface area (Å²) in [5.74, 6) is -6.15. The van der Waals surface area contributed by atoms with Crippen LogP contribution in [0.4, 0.5) is 0 Å². The Balaban J connectivity index is 2.08. The number of hydrogen-bond acceptors (Lipinski definition) is 10. The van der Waals surface area contributed by atoms with E-state index >= 15 is 0 Å². The first-order chi connectivity index (χ1) is 16.2. The number of nitrogens with two attached hydrogens (primary N) is 2. The molecule has 2 saturated heterocycles. The third-order valence-corrected chi connectivity index (χ3v) is 8.23. The topological polar surface area (TPSA) is 240 Å². The lowest BCUT2D eigenvalue weighted by molar-refractivity contribution is -0.157. The number of aliphatic carboxylic acids is 3. The van der Waals surface area contributed by atoms with Crippen molar-refractivity contribution in [3.8, 4) is 0 Å². The molecule has 15 nitrogen and oxygen atoms in total. The van der Waals surface area contributed by atoms with Crippen molar-refractivity contribution in [3.63, 3.8) is 0 Å². The quantitative estimate of drug-likeness (QED) is 0.152. The van der Waals surface area contributed by atoms with Crippen LogP contribution in [0.2, 0.25) is 6.32 Å². The van der Waals surface area contributed by atoms with Crippen LogP contribution in [0.3, 0.4) is 0 Å². The largest absolute Gasteiger partial charge is 0.528 e. The second-order valence-electron chi connectivity index (χ2n) is 8.64. The maximum Gasteiger partial charge on any atom is 0.528 e. The van der Waals surface area contributed by atoms with Crippen LogP contribution >= 0.6 is 0 Å². The number of hydrogen-bond donors (Lipinski definition) is 5. The number of carbonyl (C=O) groups excluding carboxylic acids is 1. The molecule has 0 amide bonds. The van der Waals surface area contributed by atoms with Gasteiger partial charge in [-0.1, -0.05) is 13.3 Å². The maximum absolute atomic E-state index is 13.0. The Bertz CT molecular complexity index is 933. The van der Waals surface area contributed by atoms with E-state index < -0.39 is 77.6 Å². The normalized spacial score (nSPS) is 24.6. The fourth-order valence-electron chi connectivity index (χ4n) is 4.38. The minimum absolute atomic E-state index is 0.0000638. The zero-order valence-corrected chi connectivity index (χ0v) is 20.1. The third kappa shape index (κ3) is 6.28. The lowest BCUT2D eigenvalue weighted by Crippen LogP contribution is -2.55. The number of carbonyl (C=O) groups is 4. The SMILES string of the molecule is CCN(CCN)S(=O)(=O)N1C[C@H](CCCB2OC(=O)C(CC(=O)O)(CC(=O)O)O2)[C@](N)(C(=O)O)C1. The molecule has 2 aliphatic heterocycles. The van der Waals surface area contributed by atoms with Gasteiger partial charge in [0.2, 0.25) is 0 Å². The van der Waals surface area contributed by atoms with Crippen LogP contribution in [-0.4, -0.2) is 107 Å². The van der Waals surface area contributed by atoms with Gasteiger partial charge in [0.1, 0.15) is 5.54 Å². The molecule has 0 aliphatic carbocycles. The highest BCUT2D eigenvalue weighted by molar-refractivity contribution is 7.86. The van der Waals surface area contributed by atoms with E-state index in [0.717, 1.165) is 8.61 Å². The summed E-state index contributed by atoms with van der Waals surface area (Å²) in [5, 5.41) is 27.8. The average Bonchev–Trinajstić information content (AvgIpc) is 3.23. The van der Waals surface area contributed by atoms with Crippen molar-refractivity contribution in [1.82, 2.24) is 8.61 Å². The standard InChI is InChI=1S/C18H31BN4O11S/c1-2-22(7-6-20)35(31,32)23-10-12(18(21,11-23)15(28)29)4-3-5-19-33-16(30)17(34-19,8-13(24)25)9-14(26)27/h12H,2-11,20-21H2,1H3,(H,24,25)(H,26,27)(H,28,29)/t12-,18-/m0/s1. The summed E-state index contributed by atoms with van der Waals surface area (Å²) in [6.07, 6.45) is -1.49. The van der Waals surface area contributed by atoms with Gasteiger partial charge in [-0.15, -0.1) is 0 Å². The van der Waals surface area contributed by atoms with Gasteiger partial charge in [-0.05, 0) is 12.7 Å². The van der Waals surface area contributed by atoms with Gasteiger partial charge in [0, 0.05) is 38.6 Å². The van der Waals surface area contributed by atoms with Crippen molar-refractivity contribution in [2.75, 3.05) is 32.7 Å². The molecule has 0 spiro atoms. The van der Waals surface area contributed by atoms with Gasteiger partial charge in [0.25, 0.3) is 10.2 Å². The van der Waals surface area contributed by atoms with E-state index in [9.17, 15) is 32.7 Å². The van der Waals surface area contributed by atoms with Gasteiger partial charge in [0.15, 0.2) is 5.60 Å². The molecular formula is C18H31BN4O11S. The predicted molar refractivity (Wildman–Crippen MR) is 119 cm³/mol. The van der Waals surface area contributed by atoms with Crippen molar-refractivity contribution in [3.05, 3.63) is 0 Å². The Morgan fingerprint density at radius 1 is 1.23 bits per heavy atom. The lowest BCUT2D eigenvalue weighted by atomic mass is 9.78. The molecule has 2 fully saturated rings. The molecule has 2 atom stereocenters. The van der Waals surface area contributed by atoms with Crippen LogP contribution in [0.25, 0.3) is 0 Å². The highest BCUT2D eigenvalue weighted by Gasteiger charge is 2.56. The minimum atomic E-state index is -4.00. The van der Waals surface area contributed by atoms with Crippen molar-refractivity contribution in [2.24, 2.45) is 17.4 Å². The zero-order chi connectivity index (χ0) is 26.6. The van der Waals surface area contributed by atoms with Crippen molar-refractivity contribution >= 4 is 41.2 Å². The van der Waals surface area contributed by atoms with Crippen LogP contribution in [0.15, 0.2) is 0 Å². The molecule has 198 valence electrons. The van der Waals surface area contributed by atoms with Gasteiger partial charge in [-0.2, -0.15) is 17.0 Å². The molecule has 2 aliphatic rings. The van der Waals surface area contributed by atoms with Gasteiger partial charge >= 0.3 is 31.0 Å². The fraction of sp³-hybridized carbons (Fsp3) is 0.778. The van der Waals surface area contributed by atoms with E-state index in [1.807, 2.05) is 0 Å². The fourth-order valence-corrected chi connectivity index (χ4v) is 6.12. The Kier molecular flexibility index (Phi) is 9.24. The first-order valence-corrected chi connectivity index (χ1v) is 12.4. The summed E-state index contributed by atoms with van der Waals surface area (Å²) in [5.41, 5.74) is 7.58. The Hall–Kier alpha value is -2.31. The average molecular weight is 522 g/mol. The number of carboxylic acid groups (broad SMARTS) is 3. The summed E-state index contributed by atoms with van der Waals surface area (Å²) < 4.78 is 38.5.